The number of hydrogen-bond donors (Lipinski definition) is 0. The number of ether oxygens (including phenoxy) is 2. The molecule has 0 unspecified atom stereocenters. The highest BCUT2D eigenvalue weighted by atomic mass is 19.2. The van der Waals surface area contributed by atoms with Crippen molar-refractivity contribution in [3.63, 3.8) is 0 Å². The number of carbonyl (C=O) groups is 1. The molecule has 5 rings (SSSR count). The Bertz CT molecular complexity index is 1370. The van der Waals surface area contributed by atoms with Crippen molar-refractivity contribution in [3.8, 4) is 22.6 Å². The highest BCUT2D eigenvalue weighted by molar-refractivity contribution is 5.75. The molecule has 0 bridgehead atoms. The topological polar surface area (TPSA) is 35.5 Å². The molecular formula is C34H36F4O3. The molecule has 0 atom stereocenters. The summed E-state index contributed by atoms with van der Waals surface area (Å²) in [6.07, 6.45) is 6.99. The lowest BCUT2D eigenvalue weighted by molar-refractivity contribution is -0.140. The van der Waals surface area contributed by atoms with Crippen LogP contribution in [0.3, 0.4) is 0 Å². The average Bonchev–Trinajstić information content (AvgIpc) is 2.99. The third-order valence-corrected chi connectivity index (χ3v) is 9.02. The summed E-state index contributed by atoms with van der Waals surface area (Å²) in [7, 11) is 0. The Morgan fingerprint density at radius 1 is 0.732 bits per heavy atom. The zero-order chi connectivity index (χ0) is 29.1. The smallest absolute Gasteiger partial charge is 0.314 e. The van der Waals surface area contributed by atoms with Gasteiger partial charge < -0.3 is 9.47 Å². The number of aryl methyl sites for hydroxylation is 1. The summed E-state index contributed by atoms with van der Waals surface area (Å²) in [5, 5.41) is 0. The molecule has 0 aromatic heterocycles. The van der Waals surface area contributed by atoms with Crippen LogP contribution in [0.4, 0.5) is 17.6 Å². The van der Waals surface area contributed by atoms with Crippen molar-refractivity contribution in [2.75, 3.05) is 6.61 Å². The summed E-state index contributed by atoms with van der Waals surface area (Å²) in [6.45, 7) is 3.54. The number of rotatable bonds is 7. The van der Waals surface area contributed by atoms with Crippen LogP contribution in [0.5, 0.6) is 11.5 Å². The minimum atomic E-state index is -0.900. The highest BCUT2D eigenvalue weighted by Gasteiger charge is 2.35. The number of halogens is 4. The van der Waals surface area contributed by atoms with Crippen LogP contribution >= 0.6 is 0 Å². The van der Waals surface area contributed by atoms with Gasteiger partial charge in [0.05, 0.1) is 12.5 Å². The number of esters is 1. The minimum Gasteiger partial charge on any atom is -0.491 e. The summed E-state index contributed by atoms with van der Waals surface area (Å²) in [5.74, 6) is -2.48. The maximum absolute atomic E-state index is 14.7. The fourth-order valence-electron chi connectivity index (χ4n) is 6.63. The van der Waals surface area contributed by atoms with E-state index in [4.69, 9.17) is 9.47 Å². The van der Waals surface area contributed by atoms with E-state index in [1.54, 1.807) is 37.3 Å². The standard InChI is InChI=1S/C34H36F4O3/c1-3-40-29-19-18-28(32(37)33(29)38)23-9-5-21(6-10-23)22-7-11-25(12-8-22)34(39)41-26-15-13-24(14-16-26)27-17-4-20(2)30(35)31(27)36/h4,13-19,21-23,25H,3,5-12H2,1-2H3. The van der Waals surface area contributed by atoms with Crippen molar-refractivity contribution in [2.45, 2.75) is 71.1 Å². The summed E-state index contributed by atoms with van der Waals surface area (Å²) in [6, 6.07) is 12.7. The third-order valence-electron chi connectivity index (χ3n) is 9.02. The maximum atomic E-state index is 14.7. The van der Waals surface area contributed by atoms with Crippen molar-refractivity contribution in [2.24, 2.45) is 17.8 Å². The first-order valence-corrected chi connectivity index (χ1v) is 14.6. The van der Waals surface area contributed by atoms with Gasteiger partial charge in [-0.2, -0.15) is 4.39 Å². The zero-order valence-corrected chi connectivity index (χ0v) is 23.5. The maximum Gasteiger partial charge on any atom is 0.314 e. The largest absolute Gasteiger partial charge is 0.491 e. The molecule has 2 aliphatic rings. The number of hydrogen-bond acceptors (Lipinski definition) is 3. The van der Waals surface area contributed by atoms with E-state index in [0.29, 0.717) is 28.7 Å². The molecule has 0 amide bonds. The Kier molecular flexibility index (Phi) is 9.00. The van der Waals surface area contributed by atoms with E-state index in [1.165, 1.54) is 25.1 Å². The summed E-state index contributed by atoms with van der Waals surface area (Å²) < 4.78 is 68.2. The lowest BCUT2D eigenvalue weighted by atomic mass is 9.68. The van der Waals surface area contributed by atoms with Gasteiger partial charge in [-0.1, -0.05) is 30.3 Å². The molecule has 0 N–H and O–H groups in total. The first-order chi connectivity index (χ1) is 19.8. The quantitative estimate of drug-likeness (QED) is 0.162. The molecule has 2 fully saturated rings. The van der Waals surface area contributed by atoms with Gasteiger partial charge in [-0.3, -0.25) is 4.79 Å². The van der Waals surface area contributed by atoms with Crippen molar-refractivity contribution in [1.29, 1.82) is 0 Å². The average molecular weight is 569 g/mol. The second-order valence-corrected chi connectivity index (χ2v) is 11.4. The van der Waals surface area contributed by atoms with E-state index in [2.05, 4.69) is 0 Å². The molecular weight excluding hydrogens is 532 g/mol. The molecule has 0 aliphatic heterocycles. The molecule has 41 heavy (non-hydrogen) atoms. The van der Waals surface area contributed by atoms with Crippen LogP contribution in [0.15, 0.2) is 48.5 Å². The van der Waals surface area contributed by atoms with Gasteiger partial charge in [-0.15, -0.1) is 0 Å². The summed E-state index contributed by atoms with van der Waals surface area (Å²) in [5.41, 5.74) is 1.36. The second kappa shape index (κ2) is 12.7. The Morgan fingerprint density at radius 3 is 2.00 bits per heavy atom. The lowest BCUT2D eigenvalue weighted by Crippen LogP contribution is -2.30. The van der Waals surface area contributed by atoms with Gasteiger partial charge in [0.15, 0.2) is 23.2 Å². The zero-order valence-electron chi connectivity index (χ0n) is 23.5. The van der Waals surface area contributed by atoms with Gasteiger partial charge >= 0.3 is 5.97 Å². The van der Waals surface area contributed by atoms with E-state index >= 15 is 0 Å². The number of carbonyl (C=O) groups excluding carboxylic acids is 1. The second-order valence-electron chi connectivity index (χ2n) is 11.4. The molecule has 3 aromatic rings. The third kappa shape index (κ3) is 6.29. The highest BCUT2D eigenvalue weighted by Crippen LogP contribution is 2.45. The monoisotopic (exact) mass is 568 g/mol. The predicted octanol–water partition coefficient (Wildman–Crippen LogP) is 9.30. The van der Waals surface area contributed by atoms with Crippen molar-refractivity contribution >= 4 is 5.97 Å². The molecule has 0 saturated heterocycles. The van der Waals surface area contributed by atoms with Crippen LogP contribution in [0.2, 0.25) is 0 Å². The van der Waals surface area contributed by atoms with Crippen LogP contribution in [-0.2, 0) is 4.79 Å². The van der Waals surface area contributed by atoms with Crippen LogP contribution in [0, 0.1) is 47.9 Å². The lowest BCUT2D eigenvalue weighted by Gasteiger charge is -2.37. The van der Waals surface area contributed by atoms with E-state index < -0.39 is 23.3 Å². The summed E-state index contributed by atoms with van der Waals surface area (Å²) in [4.78, 5) is 12.9. The van der Waals surface area contributed by atoms with Crippen LogP contribution in [0.1, 0.15) is 75.3 Å². The van der Waals surface area contributed by atoms with E-state index in [0.717, 1.165) is 51.4 Å². The van der Waals surface area contributed by atoms with Gasteiger partial charge in [-0.05, 0) is 118 Å². The van der Waals surface area contributed by atoms with Gasteiger partial charge in [0.25, 0.3) is 0 Å². The molecule has 0 heterocycles. The first kappa shape index (κ1) is 29.2. The van der Waals surface area contributed by atoms with Crippen molar-refractivity contribution < 1.29 is 31.8 Å². The predicted molar refractivity (Wildman–Crippen MR) is 150 cm³/mol. The molecule has 2 aliphatic carbocycles. The first-order valence-electron chi connectivity index (χ1n) is 14.6. The fraction of sp³-hybridized carbons (Fsp3) is 0.441. The van der Waals surface area contributed by atoms with Crippen molar-refractivity contribution in [1.82, 2.24) is 0 Å². The Hall–Kier alpha value is -3.35. The molecule has 3 aromatic carbocycles. The SMILES string of the molecule is CCOc1ccc(C2CCC(C3CCC(C(=O)Oc4ccc(-c5ccc(C)c(F)c5F)cc4)CC3)CC2)c(F)c1F. The van der Waals surface area contributed by atoms with Crippen molar-refractivity contribution in [3.05, 3.63) is 82.9 Å². The molecule has 218 valence electrons. The van der Waals surface area contributed by atoms with Gasteiger partial charge in [0.2, 0.25) is 5.82 Å². The van der Waals surface area contributed by atoms with E-state index in [-0.39, 0.29) is 41.3 Å². The van der Waals surface area contributed by atoms with Gasteiger partial charge in [0, 0.05) is 5.56 Å². The normalized spacial score (nSPS) is 22.8. The molecule has 3 nitrogen and oxygen atoms in total. The molecule has 7 heteroatoms. The van der Waals surface area contributed by atoms with Gasteiger partial charge in [0.1, 0.15) is 5.75 Å². The van der Waals surface area contributed by atoms with Crippen LogP contribution in [-0.4, -0.2) is 12.6 Å². The molecule has 0 spiro atoms. The Labute approximate surface area is 238 Å². The molecule has 2 saturated carbocycles. The fourth-order valence-corrected chi connectivity index (χ4v) is 6.63. The minimum absolute atomic E-state index is 0.00987. The van der Waals surface area contributed by atoms with Crippen LogP contribution < -0.4 is 9.47 Å². The Morgan fingerprint density at radius 2 is 1.37 bits per heavy atom. The Balaban J connectivity index is 1.10. The van der Waals surface area contributed by atoms with Gasteiger partial charge in [-0.25, -0.2) is 13.2 Å². The van der Waals surface area contributed by atoms with Crippen LogP contribution in [0.25, 0.3) is 11.1 Å². The number of benzene rings is 3. The molecule has 0 radical (unpaired) electrons. The van der Waals surface area contributed by atoms with E-state index in [1.807, 2.05) is 0 Å². The van der Waals surface area contributed by atoms with E-state index in [9.17, 15) is 22.4 Å². The summed E-state index contributed by atoms with van der Waals surface area (Å²) >= 11 is 0.